The van der Waals surface area contributed by atoms with Crippen LogP contribution < -0.4 is 5.32 Å². The molecule has 1 aromatic rings. The van der Waals surface area contributed by atoms with Gasteiger partial charge in [-0.15, -0.1) is 0 Å². The number of hydrogen-bond donors (Lipinski definition) is 1. The normalized spacial score (nSPS) is 17.5. The molecule has 2 nitrogen and oxygen atoms in total. The van der Waals surface area contributed by atoms with Gasteiger partial charge in [0.2, 0.25) is 0 Å². The van der Waals surface area contributed by atoms with Crippen LogP contribution in [-0.2, 0) is 13.1 Å². The first-order valence-electron chi connectivity index (χ1n) is 6.82. The highest BCUT2D eigenvalue weighted by molar-refractivity contribution is 7.99. The van der Waals surface area contributed by atoms with E-state index >= 15 is 0 Å². The van der Waals surface area contributed by atoms with E-state index in [0.29, 0.717) is 0 Å². The first-order chi connectivity index (χ1) is 8.40. The number of hydrogen-bond acceptors (Lipinski definition) is 2. The molecule has 0 saturated carbocycles. The van der Waals surface area contributed by atoms with Crippen molar-refractivity contribution in [3.05, 3.63) is 24.0 Å². The fourth-order valence-corrected chi connectivity index (χ4v) is 3.63. The Bertz CT molecular complexity index is 316. The zero-order valence-electron chi connectivity index (χ0n) is 10.8. The molecule has 0 aromatic carbocycles. The lowest BCUT2D eigenvalue weighted by Crippen LogP contribution is -2.26. The van der Waals surface area contributed by atoms with E-state index in [9.17, 15) is 0 Å². The minimum Gasteiger partial charge on any atom is -0.350 e. The van der Waals surface area contributed by atoms with Crippen molar-refractivity contribution in [2.45, 2.75) is 39.3 Å². The Labute approximate surface area is 109 Å². The molecule has 0 aliphatic carbocycles. The molecule has 2 rings (SSSR count). The molecule has 0 unspecified atom stereocenters. The van der Waals surface area contributed by atoms with Gasteiger partial charge in [0.25, 0.3) is 0 Å². The Balaban J connectivity index is 1.71. The summed E-state index contributed by atoms with van der Waals surface area (Å²) in [5.74, 6) is 3.63. The van der Waals surface area contributed by atoms with Crippen LogP contribution in [0, 0.1) is 5.92 Å². The van der Waals surface area contributed by atoms with Crippen molar-refractivity contribution in [3.8, 4) is 0 Å². The third-order valence-electron chi connectivity index (χ3n) is 3.47. The molecule has 1 saturated heterocycles. The largest absolute Gasteiger partial charge is 0.350 e. The summed E-state index contributed by atoms with van der Waals surface area (Å²) in [6.07, 6.45) is 6.20. The molecule has 0 spiro atoms. The maximum absolute atomic E-state index is 3.63. The molecule has 0 atom stereocenters. The van der Waals surface area contributed by atoms with Crippen molar-refractivity contribution < 1.29 is 0 Å². The van der Waals surface area contributed by atoms with E-state index < -0.39 is 0 Å². The molecule has 0 bridgehead atoms. The van der Waals surface area contributed by atoms with Gasteiger partial charge in [-0.2, -0.15) is 11.8 Å². The minimum absolute atomic E-state index is 0.908. The van der Waals surface area contributed by atoms with E-state index in [-0.39, 0.29) is 0 Å². The van der Waals surface area contributed by atoms with E-state index in [2.05, 4.69) is 46.9 Å². The maximum atomic E-state index is 3.63. The highest BCUT2D eigenvalue weighted by Crippen LogP contribution is 2.21. The van der Waals surface area contributed by atoms with Crippen molar-refractivity contribution in [1.82, 2.24) is 9.88 Å². The van der Waals surface area contributed by atoms with Gasteiger partial charge < -0.3 is 9.88 Å². The molecule has 1 aromatic heterocycles. The van der Waals surface area contributed by atoms with Crippen molar-refractivity contribution in [3.63, 3.8) is 0 Å². The molecule has 0 amide bonds. The van der Waals surface area contributed by atoms with Crippen molar-refractivity contribution in [2.24, 2.45) is 5.92 Å². The van der Waals surface area contributed by atoms with Gasteiger partial charge in [0.05, 0.1) is 0 Å². The molecular formula is C14H24N2S. The predicted octanol–water partition coefficient (Wildman–Crippen LogP) is 3.13. The molecule has 17 heavy (non-hydrogen) atoms. The smallest absolute Gasteiger partial charge is 0.0359 e. The Hall–Kier alpha value is -0.410. The second-order valence-electron chi connectivity index (χ2n) is 4.88. The number of nitrogens with zero attached hydrogens (tertiary/aromatic N) is 1. The van der Waals surface area contributed by atoms with Crippen LogP contribution in [0.5, 0.6) is 0 Å². The Morgan fingerprint density at radius 3 is 3.00 bits per heavy atom. The SMILES string of the molecule is CCCn1cccc1CNCC1CCSCC1. The number of aryl methyl sites for hydroxylation is 1. The van der Waals surface area contributed by atoms with Gasteiger partial charge >= 0.3 is 0 Å². The second-order valence-corrected chi connectivity index (χ2v) is 6.10. The Morgan fingerprint density at radius 1 is 1.41 bits per heavy atom. The summed E-state index contributed by atoms with van der Waals surface area (Å²) in [7, 11) is 0. The van der Waals surface area contributed by atoms with Crippen molar-refractivity contribution in [1.29, 1.82) is 0 Å². The second kappa shape index (κ2) is 7.12. The van der Waals surface area contributed by atoms with Gasteiger partial charge in [-0.1, -0.05) is 6.92 Å². The zero-order chi connectivity index (χ0) is 11.9. The lowest BCUT2D eigenvalue weighted by atomic mass is 10.0. The predicted molar refractivity (Wildman–Crippen MR) is 76.5 cm³/mol. The molecule has 1 fully saturated rings. The molecule has 2 heterocycles. The van der Waals surface area contributed by atoms with Gasteiger partial charge in [0.15, 0.2) is 0 Å². The lowest BCUT2D eigenvalue weighted by molar-refractivity contribution is 0.442. The van der Waals surface area contributed by atoms with Crippen LogP contribution in [0.15, 0.2) is 18.3 Å². The summed E-state index contributed by atoms with van der Waals surface area (Å²) in [6.45, 7) is 5.59. The number of rotatable bonds is 6. The van der Waals surface area contributed by atoms with Gasteiger partial charge in [0.1, 0.15) is 0 Å². The third-order valence-corrected chi connectivity index (χ3v) is 4.52. The van der Waals surface area contributed by atoms with Gasteiger partial charge in [-0.3, -0.25) is 0 Å². The zero-order valence-corrected chi connectivity index (χ0v) is 11.6. The van der Waals surface area contributed by atoms with Crippen LogP contribution in [0.3, 0.4) is 0 Å². The van der Waals surface area contributed by atoms with Crippen LogP contribution in [0.4, 0.5) is 0 Å². The molecule has 1 N–H and O–H groups in total. The number of nitrogens with one attached hydrogen (secondary N) is 1. The van der Waals surface area contributed by atoms with Crippen LogP contribution in [0.25, 0.3) is 0 Å². The summed E-state index contributed by atoms with van der Waals surface area (Å²) in [5.41, 5.74) is 1.43. The number of thioether (sulfide) groups is 1. The monoisotopic (exact) mass is 252 g/mol. The quantitative estimate of drug-likeness (QED) is 0.838. The maximum Gasteiger partial charge on any atom is 0.0359 e. The molecular weight excluding hydrogens is 228 g/mol. The fraction of sp³-hybridized carbons (Fsp3) is 0.714. The van der Waals surface area contributed by atoms with Crippen molar-refractivity contribution >= 4 is 11.8 Å². The highest BCUT2D eigenvalue weighted by atomic mass is 32.2. The minimum atomic E-state index is 0.908. The van der Waals surface area contributed by atoms with Gasteiger partial charge in [-0.05, 0) is 55.4 Å². The molecule has 1 aliphatic rings. The lowest BCUT2D eigenvalue weighted by Gasteiger charge is -2.21. The average molecular weight is 252 g/mol. The van der Waals surface area contributed by atoms with Crippen LogP contribution >= 0.6 is 11.8 Å². The summed E-state index contributed by atoms with van der Waals surface area (Å²) in [6, 6.07) is 4.39. The van der Waals surface area contributed by atoms with Gasteiger partial charge in [0, 0.05) is 25.0 Å². The number of aromatic nitrogens is 1. The molecule has 1 aliphatic heterocycles. The topological polar surface area (TPSA) is 17.0 Å². The fourth-order valence-electron chi connectivity index (χ4n) is 2.42. The van der Waals surface area contributed by atoms with E-state index in [0.717, 1.165) is 19.0 Å². The summed E-state index contributed by atoms with van der Waals surface area (Å²) < 4.78 is 2.36. The summed E-state index contributed by atoms with van der Waals surface area (Å²) in [4.78, 5) is 0. The Kier molecular flexibility index (Phi) is 5.46. The Morgan fingerprint density at radius 2 is 2.24 bits per heavy atom. The molecule has 96 valence electrons. The van der Waals surface area contributed by atoms with Gasteiger partial charge in [-0.25, -0.2) is 0 Å². The van der Waals surface area contributed by atoms with Crippen molar-refractivity contribution in [2.75, 3.05) is 18.1 Å². The highest BCUT2D eigenvalue weighted by Gasteiger charge is 2.13. The first-order valence-corrected chi connectivity index (χ1v) is 7.98. The standard InChI is InChI=1S/C14H24N2S/c1-2-7-16-8-3-4-14(16)12-15-11-13-5-9-17-10-6-13/h3-4,8,13,15H,2,5-7,9-12H2,1H3. The third kappa shape index (κ3) is 4.07. The summed E-state index contributed by atoms with van der Waals surface area (Å²) >= 11 is 2.11. The molecule has 3 heteroatoms. The van der Waals surface area contributed by atoms with E-state index in [1.807, 2.05) is 0 Å². The van der Waals surface area contributed by atoms with E-state index in [1.54, 1.807) is 0 Å². The first kappa shape index (κ1) is 13.0. The summed E-state index contributed by atoms with van der Waals surface area (Å²) in [5, 5.41) is 3.63. The van der Waals surface area contributed by atoms with Crippen LogP contribution in [0.1, 0.15) is 31.9 Å². The average Bonchev–Trinajstić information content (AvgIpc) is 2.79. The van der Waals surface area contributed by atoms with Crippen LogP contribution in [0.2, 0.25) is 0 Å². The van der Waals surface area contributed by atoms with E-state index in [4.69, 9.17) is 0 Å². The molecule has 0 radical (unpaired) electrons. The van der Waals surface area contributed by atoms with Crippen LogP contribution in [-0.4, -0.2) is 22.6 Å². The van der Waals surface area contributed by atoms with E-state index in [1.165, 1.54) is 43.0 Å².